The van der Waals surface area contributed by atoms with Crippen molar-refractivity contribution in [3.8, 4) is 5.75 Å². The molecule has 0 atom stereocenters. The van der Waals surface area contributed by atoms with E-state index in [0.717, 1.165) is 37.4 Å². The van der Waals surface area contributed by atoms with E-state index in [1.54, 1.807) is 0 Å². The molecule has 1 aliphatic rings. The highest BCUT2D eigenvalue weighted by molar-refractivity contribution is 14.0. The van der Waals surface area contributed by atoms with Gasteiger partial charge in [0.15, 0.2) is 5.96 Å². The van der Waals surface area contributed by atoms with E-state index in [0.29, 0.717) is 12.5 Å². The van der Waals surface area contributed by atoms with Crippen LogP contribution in [0.4, 0.5) is 0 Å². The average molecular weight is 403 g/mol. The van der Waals surface area contributed by atoms with Gasteiger partial charge in [-0.2, -0.15) is 0 Å². The van der Waals surface area contributed by atoms with Gasteiger partial charge in [-0.15, -0.1) is 24.0 Å². The maximum Gasteiger partial charge on any atom is 0.191 e. The lowest BCUT2D eigenvalue weighted by Crippen LogP contribution is -2.40. The molecule has 1 aromatic rings. The third kappa shape index (κ3) is 6.11. The zero-order valence-corrected chi connectivity index (χ0v) is 15.1. The number of nitrogens with zero attached hydrogens (tertiary/aromatic N) is 2. The van der Waals surface area contributed by atoms with Crippen LogP contribution in [0.2, 0.25) is 0 Å². The fourth-order valence-electron chi connectivity index (χ4n) is 2.35. The van der Waals surface area contributed by atoms with Crippen molar-refractivity contribution < 1.29 is 4.74 Å². The van der Waals surface area contributed by atoms with Gasteiger partial charge in [0.25, 0.3) is 0 Å². The number of benzene rings is 1. The SMILES string of the molecule is CCCOc1cccc(CN=C(N)N2CCCCC2)c1.I. The summed E-state index contributed by atoms with van der Waals surface area (Å²) in [6, 6.07) is 8.10. The summed E-state index contributed by atoms with van der Waals surface area (Å²) in [6.45, 7) is 5.55. The molecule has 1 fully saturated rings. The molecule has 0 bridgehead atoms. The molecule has 1 aromatic carbocycles. The predicted molar refractivity (Wildman–Crippen MR) is 98.4 cm³/mol. The summed E-state index contributed by atoms with van der Waals surface area (Å²) in [5.41, 5.74) is 7.20. The summed E-state index contributed by atoms with van der Waals surface area (Å²) in [5.74, 6) is 1.58. The number of rotatable bonds is 5. The second-order valence-corrected chi connectivity index (χ2v) is 5.22. The van der Waals surface area contributed by atoms with Crippen molar-refractivity contribution in [2.45, 2.75) is 39.2 Å². The standard InChI is InChI=1S/C16H25N3O.HI/c1-2-11-20-15-8-6-7-14(12-15)13-18-16(17)19-9-4-3-5-10-19;/h6-8,12H,2-5,9-11,13H2,1H3,(H2,17,18);1H. The molecule has 0 spiro atoms. The second kappa shape index (κ2) is 9.87. The lowest BCUT2D eigenvalue weighted by molar-refractivity contribution is 0.317. The number of halogens is 1. The van der Waals surface area contributed by atoms with Gasteiger partial charge in [-0.1, -0.05) is 19.1 Å². The van der Waals surface area contributed by atoms with Crippen molar-refractivity contribution in [1.29, 1.82) is 0 Å². The zero-order chi connectivity index (χ0) is 14.2. The predicted octanol–water partition coefficient (Wildman–Crippen LogP) is 3.39. The van der Waals surface area contributed by atoms with Gasteiger partial charge in [0, 0.05) is 13.1 Å². The van der Waals surface area contributed by atoms with E-state index in [-0.39, 0.29) is 24.0 Å². The number of hydrogen-bond acceptors (Lipinski definition) is 2. The molecular formula is C16H26IN3O. The molecule has 1 saturated heterocycles. The Morgan fingerprint density at radius 1 is 1.29 bits per heavy atom. The van der Waals surface area contributed by atoms with Crippen LogP contribution in [-0.4, -0.2) is 30.6 Å². The van der Waals surface area contributed by atoms with Crippen molar-refractivity contribution >= 4 is 29.9 Å². The van der Waals surface area contributed by atoms with Gasteiger partial charge in [-0.3, -0.25) is 0 Å². The van der Waals surface area contributed by atoms with E-state index in [4.69, 9.17) is 10.5 Å². The molecule has 1 heterocycles. The number of aliphatic imine (C=N–C) groups is 1. The molecule has 1 aliphatic heterocycles. The van der Waals surface area contributed by atoms with Gasteiger partial charge in [-0.25, -0.2) is 4.99 Å². The maximum absolute atomic E-state index is 6.06. The van der Waals surface area contributed by atoms with Crippen LogP contribution in [0.15, 0.2) is 29.3 Å². The van der Waals surface area contributed by atoms with Crippen molar-refractivity contribution in [1.82, 2.24) is 4.90 Å². The first-order valence-electron chi connectivity index (χ1n) is 7.56. The number of guanidine groups is 1. The van der Waals surface area contributed by atoms with Gasteiger partial charge in [0.2, 0.25) is 0 Å². The van der Waals surface area contributed by atoms with Gasteiger partial charge in [-0.05, 0) is 43.4 Å². The van der Waals surface area contributed by atoms with Crippen LogP contribution >= 0.6 is 24.0 Å². The first-order chi connectivity index (χ1) is 9.79. The number of likely N-dealkylation sites (tertiary alicyclic amines) is 1. The van der Waals surface area contributed by atoms with Crippen molar-refractivity contribution in [3.63, 3.8) is 0 Å². The van der Waals surface area contributed by atoms with Gasteiger partial charge < -0.3 is 15.4 Å². The van der Waals surface area contributed by atoms with E-state index < -0.39 is 0 Å². The monoisotopic (exact) mass is 403 g/mol. The van der Waals surface area contributed by atoms with Crippen LogP contribution in [0.1, 0.15) is 38.2 Å². The van der Waals surface area contributed by atoms with E-state index >= 15 is 0 Å². The van der Waals surface area contributed by atoms with E-state index in [1.807, 2.05) is 18.2 Å². The molecule has 5 heteroatoms. The fourth-order valence-corrected chi connectivity index (χ4v) is 2.35. The molecule has 21 heavy (non-hydrogen) atoms. The lowest BCUT2D eigenvalue weighted by atomic mass is 10.1. The van der Waals surface area contributed by atoms with Crippen LogP contribution in [0, 0.1) is 0 Å². The summed E-state index contributed by atoms with van der Waals surface area (Å²) >= 11 is 0. The van der Waals surface area contributed by atoms with Gasteiger partial charge >= 0.3 is 0 Å². The van der Waals surface area contributed by atoms with Crippen LogP contribution in [0.25, 0.3) is 0 Å². The normalized spacial score (nSPS) is 15.5. The Morgan fingerprint density at radius 2 is 2.05 bits per heavy atom. The van der Waals surface area contributed by atoms with Crippen molar-refractivity contribution in [2.24, 2.45) is 10.7 Å². The van der Waals surface area contributed by atoms with E-state index in [9.17, 15) is 0 Å². The van der Waals surface area contributed by atoms with Crippen molar-refractivity contribution in [3.05, 3.63) is 29.8 Å². The van der Waals surface area contributed by atoms with Crippen LogP contribution in [0.5, 0.6) is 5.75 Å². The summed E-state index contributed by atoms with van der Waals surface area (Å²) in [7, 11) is 0. The molecule has 0 aliphatic carbocycles. The summed E-state index contributed by atoms with van der Waals surface area (Å²) in [6.07, 6.45) is 4.76. The van der Waals surface area contributed by atoms with Gasteiger partial charge in [0.05, 0.1) is 13.2 Å². The Hall–Kier alpha value is -0.980. The highest BCUT2D eigenvalue weighted by Crippen LogP contribution is 2.15. The second-order valence-electron chi connectivity index (χ2n) is 5.22. The third-order valence-electron chi connectivity index (χ3n) is 3.47. The number of nitrogens with two attached hydrogens (primary N) is 1. The smallest absolute Gasteiger partial charge is 0.191 e. The van der Waals surface area contributed by atoms with Crippen LogP contribution in [-0.2, 0) is 6.54 Å². The number of hydrogen-bond donors (Lipinski definition) is 1. The summed E-state index contributed by atoms with van der Waals surface area (Å²) < 4.78 is 5.63. The molecule has 0 saturated carbocycles. The Bertz CT molecular complexity index is 445. The maximum atomic E-state index is 6.06. The fraction of sp³-hybridized carbons (Fsp3) is 0.562. The Kier molecular flexibility index (Phi) is 8.49. The molecule has 0 radical (unpaired) electrons. The molecule has 2 N–H and O–H groups in total. The Balaban J connectivity index is 0.00000220. The first kappa shape index (κ1) is 18.1. The summed E-state index contributed by atoms with van der Waals surface area (Å²) in [4.78, 5) is 6.69. The number of piperidine rings is 1. The van der Waals surface area contributed by atoms with E-state index in [2.05, 4.69) is 22.9 Å². The van der Waals surface area contributed by atoms with Crippen LogP contribution in [0.3, 0.4) is 0 Å². The summed E-state index contributed by atoms with van der Waals surface area (Å²) in [5, 5.41) is 0. The minimum atomic E-state index is 0. The molecule has 0 unspecified atom stereocenters. The van der Waals surface area contributed by atoms with Crippen molar-refractivity contribution in [2.75, 3.05) is 19.7 Å². The van der Waals surface area contributed by atoms with Gasteiger partial charge in [0.1, 0.15) is 5.75 Å². The Morgan fingerprint density at radius 3 is 2.76 bits per heavy atom. The highest BCUT2D eigenvalue weighted by Gasteiger charge is 2.11. The zero-order valence-electron chi connectivity index (χ0n) is 12.8. The molecule has 2 rings (SSSR count). The molecular weight excluding hydrogens is 377 g/mol. The highest BCUT2D eigenvalue weighted by atomic mass is 127. The topological polar surface area (TPSA) is 50.9 Å². The third-order valence-corrected chi connectivity index (χ3v) is 3.47. The average Bonchev–Trinajstić information content (AvgIpc) is 2.52. The first-order valence-corrected chi connectivity index (χ1v) is 7.56. The molecule has 4 nitrogen and oxygen atoms in total. The molecule has 0 amide bonds. The number of ether oxygens (including phenoxy) is 1. The van der Waals surface area contributed by atoms with Crippen LogP contribution < -0.4 is 10.5 Å². The lowest BCUT2D eigenvalue weighted by Gasteiger charge is -2.27. The minimum absolute atomic E-state index is 0. The molecule has 0 aromatic heterocycles. The quantitative estimate of drug-likeness (QED) is 0.466. The molecule has 118 valence electrons. The Labute approximate surface area is 144 Å². The minimum Gasteiger partial charge on any atom is -0.494 e. The van der Waals surface area contributed by atoms with E-state index in [1.165, 1.54) is 19.3 Å². The largest absolute Gasteiger partial charge is 0.494 e.